The highest BCUT2D eigenvalue weighted by Gasteiger charge is 2.22. The van der Waals surface area contributed by atoms with Gasteiger partial charge in [0.05, 0.1) is 11.7 Å². The third kappa shape index (κ3) is 4.19. The molecule has 1 unspecified atom stereocenters. The second kappa shape index (κ2) is 7.73. The minimum Gasteiger partial charge on any atom is -0.387 e. The molecule has 0 radical (unpaired) electrons. The highest BCUT2D eigenvalue weighted by molar-refractivity contribution is 7.08. The lowest BCUT2D eigenvalue weighted by molar-refractivity contribution is 0.0755. The summed E-state index contributed by atoms with van der Waals surface area (Å²) in [7, 11) is 0. The molecule has 5 heteroatoms. The fourth-order valence-electron chi connectivity index (χ4n) is 2.95. The van der Waals surface area contributed by atoms with Crippen molar-refractivity contribution in [1.82, 2.24) is 9.80 Å². The van der Waals surface area contributed by atoms with E-state index >= 15 is 0 Å². The van der Waals surface area contributed by atoms with Gasteiger partial charge >= 0.3 is 0 Å². The zero-order valence-corrected chi connectivity index (χ0v) is 13.9. The number of β-amino-alcohol motifs (C(OH)–C–C–N with tert-alkyl or cyclic N) is 1. The van der Waals surface area contributed by atoms with Crippen molar-refractivity contribution in [3.8, 4) is 0 Å². The molecule has 0 aliphatic carbocycles. The van der Waals surface area contributed by atoms with Gasteiger partial charge in [-0.2, -0.15) is 11.3 Å². The van der Waals surface area contributed by atoms with Crippen LogP contribution in [0, 0.1) is 0 Å². The summed E-state index contributed by atoms with van der Waals surface area (Å²) in [5.74, 6) is 0.122. The first-order valence-electron chi connectivity index (χ1n) is 8.01. The van der Waals surface area contributed by atoms with Crippen molar-refractivity contribution < 1.29 is 9.90 Å². The molecule has 23 heavy (non-hydrogen) atoms. The van der Waals surface area contributed by atoms with Crippen LogP contribution in [0.3, 0.4) is 0 Å². The second-order valence-electron chi connectivity index (χ2n) is 5.88. The molecule has 1 fully saturated rings. The van der Waals surface area contributed by atoms with Gasteiger partial charge in [0.1, 0.15) is 0 Å². The van der Waals surface area contributed by atoms with Crippen molar-refractivity contribution in [2.75, 3.05) is 32.7 Å². The first-order chi connectivity index (χ1) is 11.2. The summed E-state index contributed by atoms with van der Waals surface area (Å²) in [6.45, 7) is 3.84. The molecule has 1 aromatic carbocycles. The molecule has 1 aliphatic rings. The fourth-order valence-corrected chi connectivity index (χ4v) is 3.58. The van der Waals surface area contributed by atoms with Gasteiger partial charge < -0.3 is 10.0 Å². The predicted molar refractivity (Wildman–Crippen MR) is 92.7 cm³/mol. The molecule has 0 spiro atoms. The third-order valence-corrected chi connectivity index (χ3v) is 4.94. The number of hydrogen-bond donors (Lipinski definition) is 1. The Kier molecular flexibility index (Phi) is 5.43. The van der Waals surface area contributed by atoms with Crippen LogP contribution in [0.5, 0.6) is 0 Å². The van der Waals surface area contributed by atoms with Crippen molar-refractivity contribution in [2.24, 2.45) is 0 Å². The molecule has 1 aromatic heterocycles. The fraction of sp³-hybridized carbons (Fsp3) is 0.389. The molecular formula is C18H22N2O2S. The molecule has 1 atom stereocenters. The lowest BCUT2D eigenvalue weighted by atomic mass is 10.1. The van der Waals surface area contributed by atoms with E-state index < -0.39 is 6.10 Å². The monoisotopic (exact) mass is 330 g/mol. The number of aliphatic hydroxyl groups is 1. The van der Waals surface area contributed by atoms with E-state index in [0.29, 0.717) is 6.54 Å². The number of benzene rings is 1. The Hall–Kier alpha value is -1.69. The lowest BCUT2D eigenvalue weighted by Gasteiger charge is -2.24. The Labute approximate surface area is 141 Å². The Bertz CT molecular complexity index is 615. The Morgan fingerprint density at radius 3 is 2.70 bits per heavy atom. The summed E-state index contributed by atoms with van der Waals surface area (Å²) in [6, 6.07) is 11.6. The summed E-state index contributed by atoms with van der Waals surface area (Å²) in [5.41, 5.74) is 1.73. The highest BCUT2D eigenvalue weighted by Crippen LogP contribution is 2.16. The van der Waals surface area contributed by atoms with Crippen LogP contribution in [-0.2, 0) is 0 Å². The van der Waals surface area contributed by atoms with E-state index in [-0.39, 0.29) is 5.91 Å². The Morgan fingerprint density at radius 1 is 1.13 bits per heavy atom. The summed E-state index contributed by atoms with van der Waals surface area (Å²) < 4.78 is 0. The van der Waals surface area contributed by atoms with Crippen LogP contribution in [0.25, 0.3) is 0 Å². The summed E-state index contributed by atoms with van der Waals surface area (Å²) >= 11 is 1.55. The smallest absolute Gasteiger partial charge is 0.254 e. The maximum Gasteiger partial charge on any atom is 0.254 e. The van der Waals surface area contributed by atoms with Gasteiger partial charge in [-0.1, -0.05) is 30.3 Å². The number of carbonyl (C=O) groups is 1. The largest absolute Gasteiger partial charge is 0.387 e. The number of amides is 1. The molecule has 1 saturated heterocycles. The minimum atomic E-state index is -0.477. The van der Waals surface area contributed by atoms with Crippen LogP contribution < -0.4 is 0 Å². The van der Waals surface area contributed by atoms with E-state index in [1.54, 1.807) is 11.3 Å². The summed E-state index contributed by atoms with van der Waals surface area (Å²) in [5, 5.41) is 14.2. The van der Waals surface area contributed by atoms with E-state index in [0.717, 1.165) is 43.7 Å². The van der Waals surface area contributed by atoms with Gasteiger partial charge in [-0.3, -0.25) is 9.69 Å². The SMILES string of the molecule is O=C(c1ccsc1)N1CCCN(CC(O)c2ccccc2)CC1. The van der Waals surface area contributed by atoms with Crippen LogP contribution >= 0.6 is 11.3 Å². The number of rotatable bonds is 4. The number of thiophene rings is 1. The molecule has 4 nitrogen and oxygen atoms in total. The van der Waals surface area contributed by atoms with Crippen molar-refractivity contribution in [1.29, 1.82) is 0 Å². The van der Waals surface area contributed by atoms with Gasteiger partial charge in [-0.25, -0.2) is 0 Å². The van der Waals surface area contributed by atoms with E-state index in [9.17, 15) is 9.90 Å². The zero-order valence-electron chi connectivity index (χ0n) is 13.1. The number of carbonyl (C=O) groups excluding carboxylic acids is 1. The minimum absolute atomic E-state index is 0.122. The van der Waals surface area contributed by atoms with E-state index in [2.05, 4.69) is 4.90 Å². The first-order valence-corrected chi connectivity index (χ1v) is 8.95. The molecule has 122 valence electrons. The second-order valence-corrected chi connectivity index (χ2v) is 6.66. The van der Waals surface area contributed by atoms with Gasteiger partial charge in [0.25, 0.3) is 5.91 Å². The van der Waals surface area contributed by atoms with Crippen molar-refractivity contribution >= 4 is 17.2 Å². The normalized spacial score (nSPS) is 17.7. The number of nitrogens with zero attached hydrogens (tertiary/aromatic N) is 2. The third-order valence-electron chi connectivity index (χ3n) is 4.26. The molecule has 2 aromatic rings. The average molecular weight is 330 g/mol. The standard InChI is InChI=1S/C18H22N2O2S/c21-17(15-5-2-1-3-6-15)13-19-8-4-9-20(11-10-19)18(22)16-7-12-23-14-16/h1-3,5-7,12,14,17,21H,4,8-11,13H2. The van der Waals surface area contributed by atoms with Gasteiger partial charge in [-0.15, -0.1) is 0 Å². The molecule has 1 aliphatic heterocycles. The molecule has 1 N–H and O–H groups in total. The van der Waals surface area contributed by atoms with Crippen LogP contribution in [0.15, 0.2) is 47.2 Å². The molecule has 0 bridgehead atoms. The highest BCUT2D eigenvalue weighted by atomic mass is 32.1. The Morgan fingerprint density at radius 2 is 1.96 bits per heavy atom. The van der Waals surface area contributed by atoms with Crippen molar-refractivity contribution in [3.63, 3.8) is 0 Å². The van der Waals surface area contributed by atoms with Gasteiger partial charge in [0.2, 0.25) is 0 Å². The maximum atomic E-state index is 12.4. The summed E-state index contributed by atoms with van der Waals surface area (Å²) in [6.07, 6.45) is 0.465. The van der Waals surface area contributed by atoms with Crippen LogP contribution in [-0.4, -0.2) is 53.5 Å². The molecular weight excluding hydrogens is 308 g/mol. The lowest BCUT2D eigenvalue weighted by Crippen LogP contribution is -2.36. The van der Waals surface area contributed by atoms with Gasteiger partial charge in [0.15, 0.2) is 0 Å². The topological polar surface area (TPSA) is 43.8 Å². The molecule has 2 heterocycles. The number of aliphatic hydroxyl groups excluding tert-OH is 1. The van der Waals surface area contributed by atoms with Crippen LogP contribution in [0.2, 0.25) is 0 Å². The van der Waals surface area contributed by atoms with E-state index in [4.69, 9.17) is 0 Å². The van der Waals surface area contributed by atoms with E-state index in [1.807, 2.05) is 52.1 Å². The first kappa shape index (κ1) is 16.2. The van der Waals surface area contributed by atoms with E-state index in [1.165, 1.54) is 0 Å². The summed E-state index contributed by atoms with van der Waals surface area (Å²) in [4.78, 5) is 16.6. The molecule has 3 rings (SSSR count). The molecule has 0 saturated carbocycles. The van der Waals surface area contributed by atoms with Crippen molar-refractivity contribution in [2.45, 2.75) is 12.5 Å². The quantitative estimate of drug-likeness (QED) is 0.937. The average Bonchev–Trinajstić information content (AvgIpc) is 3.02. The Balaban J connectivity index is 1.55. The predicted octanol–water partition coefficient (Wildman–Crippen LogP) is 2.63. The molecule has 1 amide bonds. The van der Waals surface area contributed by atoms with Crippen LogP contribution in [0.1, 0.15) is 28.4 Å². The van der Waals surface area contributed by atoms with Crippen LogP contribution in [0.4, 0.5) is 0 Å². The van der Waals surface area contributed by atoms with Gasteiger partial charge in [0, 0.05) is 38.1 Å². The number of hydrogen-bond acceptors (Lipinski definition) is 4. The van der Waals surface area contributed by atoms with Gasteiger partial charge in [-0.05, 0) is 23.4 Å². The zero-order chi connectivity index (χ0) is 16.1. The van der Waals surface area contributed by atoms with Crippen molar-refractivity contribution in [3.05, 3.63) is 58.3 Å². The maximum absolute atomic E-state index is 12.4.